The van der Waals surface area contributed by atoms with Crippen molar-refractivity contribution >= 4 is 0 Å². The van der Waals surface area contributed by atoms with Crippen LogP contribution in [0.4, 0.5) is 0 Å². The molecule has 0 N–H and O–H groups in total. The molecule has 0 amide bonds. The Kier molecular flexibility index (Phi) is 3.58. The van der Waals surface area contributed by atoms with Crippen LogP contribution in [0.1, 0.15) is 44.3 Å². The highest BCUT2D eigenvalue weighted by atomic mass is 16.5. The molecule has 1 unspecified atom stereocenters. The van der Waals surface area contributed by atoms with E-state index in [1.165, 1.54) is 25.1 Å². The maximum atomic E-state index is 5.66. The Bertz CT molecular complexity index is 445. The number of ether oxygens (including phenoxy) is 1. The summed E-state index contributed by atoms with van der Waals surface area (Å²) in [6.07, 6.45) is 5.95. The van der Waals surface area contributed by atoms with Crippen molar-refractivity contribution < 1.29 is 4.74 Å². The van der Waals surface area contributed by atoms with Gasteiger partial charge in [-0.25, -0.2) is 0 Å². The minimum Gasteiger partial charge on any atom is -0.377 e. The van der Waals surface area contributed by atoms with Crippen LogP contribution in [0.3, 0.4) is 0 Å². The van der Waals surface area contributed by atoms with E-state index in [9.17, 15) is 0 Å². The van der Waals surface area contributed by atoms with E-state index in [1.807, 2.05) is 7.11 Å². The summed E-state index contributed by atoms with van der Waals surface area (Å²) in [6, 6.07) is 0. The third kappa shape index (κ3) is 2.67. The molecule has 1 fully saturated rings. The topological polar surface area (TPSA) is 43.2 Å². The van der Waals surface area contributed by atoms with Gasteiger partial charge in [0, 0.05) is 26.6 Å². The Hall–Kier alpha value is -0.940. The molecule has 1 aromatic rings. The SMILES string of the molecule is COC1(C)CCCN(Cc2nnc3n2CCCC3)C1. The molecule has 106 valence electrons. The summed E-state index contributed by atoms with van der Waals surface area (Å²) >= 11 is 0. The molecular weight excluding hydrogens is 240 g/mol. The van der Waals surface area contributed by atoms with Gasteiger partial charge in [0.05, 0.1) is 12.1 Å². The Morgan fingerprint density at radius 1 is 1.21 bits per heavy atom. The second-order valence-electron chi connectivity index (χ2n) is 6.11. The monoisotopic (exact) mass is 264 g/mol. The van der Waals surface area contributed by atoms with E-state index in [0.717, 1.165) is 44.8 Å². The van der Waals surface area contributed by atoms with E-state index in [0.29, 0.717) is 0 Å². The summed E-state index contributed by atoms with van der Waals surface area (Å²) < 4.78 is 7.98. The predicted molar refractivity (Wildman–Crippen MR) is 72.9 cm³/mol. The number of rotatable bonds is 3. The fourth-order valence-electron chi connectivity index (χ4n) is 3.29. The first-order chi connectivity index (χ1) is 9.20. The number of hydrogen-bond donors (Lipinski definition) is 0. The lowest BCUT2D eigenvalue weighted by molar-refractivity contribution is -0.0534. The zero-order valence-electron chi connectivity index (χ0n) is 12.1. The van der Waals surface area contributed by atoms with Crippen molar-refractivity contribution in [3.63, 3.8) is 0 Å². The second-order valence-corrected chi connectivity index (χ2v) is 6.11. The summed E-state index contributed by atoms with van der Waals surface area (Å²) in [5.41, 5.74) is 0.00298. The predicted octanol–water partition coefficient (Wildman–Crippen LogP) is 1.62. The minimum absolute atomic E-state index is 0.00298. The van der Waals surface area contributed by atoms with Gasteiger partial charge in [0.25, 0.3) is 0 Å². The Balaban J connectivity index is 1.69. The van der Waals surface area contributed by atoms with Crippen LogP contribution < -0.4 is 0 Å². The lowest BCUT2D eigenvalue weighted by Crippen LogP contribution is -2.47. The van der Waals surface area contributed by atoms with E-state index in [2.05, 4.69) is 26.6 Å². The fraction of sp³-hybridized carbons (Fsp3) is 0.857. The van der Waals surface area contributed by atoms with Gasteiger partial charge in [-0.1, -0.05) is 0 Å². The summed E-state index contributed by atoms with van der Waals surface area (Å²) in [6.45, 7) is 6.34. The molecule has 5 nitrogen and oxygen atoms in total. The average molecular weight is 264 g/mol. The number of piperidine rings is 1. The van der Waals surface area contributed by atoms with E-state index >= 15 is 0 Å². The molecule has 0 aliphatic carbocycles. The lowest BCUT2D eigenvalue weighted by Gasteiger charge is -2.39. The minimum atomic E-state index is 0.00298. The van der Waals surface area contributed by atoms with Crippen LogP contribution in [0, 0.1) is 0 Å². The molecule has 0 saturated carbocycles. The maximum Gasteiger partial charge on any atom is 0.147 e. The Morgan fingerprint density at radius 2 is 2.11 bits per heavy atom. The first-order valence-corrected chi connectivity index (χ1v) is 7.39. The summed E-state index contributed by atoms with van der Waals surface area (Å²) in [4.78, 5) is 2.46. The average Bonchev–Trinajstić information content (AvgIpc) is 2.83. The third-order valence-electron chi connectivity index (χ3n) is 4.53. The van der Waals surface area contributed by atoms with Crippen molar-refractivity contribution in [2.45, 2.75) is 57.7 Å². The van der Waals surface area contributed by atoms with Crippen molar-refractivity contribution in [1.82, 2.24) is 19.7 Å². The highest BCUT2D eigenvalue weighted by molar-refractivity contribution is 4.99. The van der Waals surface area contributed by atoms with Crippen LogP contribution in [0.15, 0.2) is 0 Å². The van der Waals surface area contributed by atoms with Crippen LogP contribution in [0.5, 0.6) is 0 Å². The van der Waals surface area contributed by atoms with E-state index in [4.69, 9.17) is 4.74 Å². The summed E-state index contributed by atoms with van der Waals surface area (Å²) in [7, 11) is 1.82. The molecule has 0 radical (unpaired) electrons. The van der Waals surface area contributed by atoms with Gasteiger partial charge in [-0.2, -0.15) is 0 Å². The molecule has 0 bridgehead atoms. The molecule has 5 heteroatoms. The van der Waals surface area contributed by atoms with Crippen LogP contribution in [-0.2, 0) is 24.2 Å². The molecule has 3 heterocycles. The van der Waals surface area contributed by atoms with Crippen LogP contribution >= 0.6 is 0 Å². The molecule has 0 aromatic carbocycles. The Morgan fingerprint density at radius 3 is 2.95 bits per heavy atom. The molecule has 3 rings (SSSR count). The van der Waals surface area contributed by atoms with E-state index in [-0.39, 0.29) is 5.60 Å². The first kappa shape index (κ1) is 13.1. The van der Waals surface area contributed by atoms with Crippen molar-refractivity contribution in [2.75, 3.05) is 20.2 Å². The van der Waals surface area contributed by atoms with Gasteiger partial charge in [-0.05, 0) is 39.2 Å². The van der Waals surface area contributed by atoms with Crippen LogP contribution in [0.25, 0.3) is 0 Å². The zero-order valence-corrected chi connectivity index (χ0v) is 12.1. The van der Waals surface area contributed by atoms with Crippen molar-refractivity contribution in [2.24, 2.45) is 0 Å². The highest BCUT2D eigenvalue weighted by Crippen LogP contribution is 2.25. The standard InChI is InChI=1S/C14H24N4O/c1-14(19-2)7-5-8-17(11-14)10-13-16-15-12-6-3-4-9-18(12)13/h3-11H2,1-2H3. The van der Waals surface area contributed by atoms with Crippen LogP contribution in [0.2, 0.25) is 0 Å². The largest absolute Gasteiger partial charge is 0.377 e. The zero-order chi connectivity index (χ0) is 13.3. The molecule has 2 aliphatic heterocycles. The lowest BCUT2D eigenvalue weighted by atomic mass is 9.95. The van der Waals surface area contributed by atoms with E-state index < -0.39 is 0 Å². The number of hydrogen-bond acceptors (Lipinski definition) is 4. The fourth-order valence-corrected chi connectivity index (χ4v) is 3.29. The number of nitrogens with zero attached hydrogens (tertiary/aromatic N) is 4. The van der Waals surface area contributed by atoms with Gasteiger partial charge >= 0.3 is 0 Å². The van der Waals surface area contributed by atoms with Gasteiger partial charge in [-0.3, -0.25) is 4.90 Å². The quantitative estimate of drug-likeness (QED) is 0.832. The third-order valence-corrected chi connectivity index (χ3v) is 4.53. The van der Waals surface area contributed by atoms with Crippen molar-refractivity contribution in [3.8, 4) is 0 Å². The van der Waals surface area contributed by atoms with E-state index in [1.54, 1.807) is 0 Å². The first-order valence-electron chi connectivity index (χ1n) is 7.39. The number of likely N-dealkylation sites (tertiary alicyclic amines) is 1. The smallest absolute Gasteiger partial charge is 0.147 e. The van der Waals surface area contributed by atoms with Gasteiger partial charge in [0.1, 0.15) is 11.6 Å². The molecule has 1 atom stereocenters. The molecule has 1 aromatic heterocycles. The second kappa shape index (κ2) is 5.21. The Labute approximate surface area is 114 Å². The van der Waals surface area contributed by atoms with Gasteiger partial charge in [0.15, 0.2) is 0 Å². The number of fused-ring (bicyclic) bond motifs is 1. The normalized spacial score (nSPS) is 28.3. The molecule has 1 saturated heterocycles. The highest BCUT2D eigenvalue weighted by Gasteiger charge is 2.31. The molecular formula is C14H24N4O. The van der Waals surface area contributed by atoms with Gasteiger partial charge in [0.2, 0.25) is 0 Å². The summed E-state index contributed by atoms with van der Waals surface area (Å²) in [5.74, 6) is 2.31. The molecule has 19 heavy (non-hydrogen) atoms. The number of methoxy groups -OCH3 is 1. The van der Waals surface area contributed by atoms with Gasteiger partial charge < -0.3 is 9.30 Å². The molecule has 0 spiro atoms. The van der Waals surface area contributed by atoms with Crippen LogP contribution in [-0.4, -0.2) is 45.5 Å². The number of aryl methyl sites for hydroxylation is 1. The maximum absolute atomic E-state index is 5.66. The van der Waals surface area contributed by atoms with Crippen molar-refractivity contribution in [3.05, 3.63) is 11.6 Å². The van der Waals surface area contributed by atoms with Crippen molar-refractivity contribution in [1.29, 1.82) is 0 Å². The molecule has 2 aliphatic rings. The van der Waals surface area contributed by atoms with Gasteiger partial charge in [-0.15, -0.1) is 10.2 Å². The number of aromatic nitrogens is 3. The summed E-state index contributed by atoms with van der Waals surface area (Å²) in [5, 5.41) is 8.73.